The molecule has 1 heterocycles. The van der Waals surface area contributed by atoms with Gasteiger partial charge in [0.15, 0.2) is 0 Å². The second-order valence-corrected chi connectivity index (χ2v) is 6.81. The van der Waals surface area contributed by atoms with Crippen molar-refractivity contribution in [1.29, 1.82) is 0 Å². The summed E-state index contributed by atoms with van der Waals surface area (Å²) in [5.74, 6) is 0. The molecule has 0 aliphatic carbocycles. The predicted octanol–water partition coefficient (Wildman–Crippen LogP) is 2.78. The average Bonchev–Trinajstić information content (AvgIpc) is 3.11. The van der Waals surface area contributed by atoms with E-state index < -0.39 is 6.10 Å². The minimum Gasteiger partial charge on any atom is -0.386 e. The molecule has 2 rings (SSSR count). The quantitative estimate of drug-likeness (QED) is 0.644. The van der Waals surface area contributed by atoms with Gasteiger partial charge in [-0.15, -0.1) is 11.3 Å². The molecule has 0 aliphatic heterocycles. The standard InChI is InChI=1S/C18H25N3O2S/c1-21(2)15-9-7-14(8-10-15)5-3-11-19-18(23)20-13-16(22)17-6-4-12-24-17/h4,6-10,12,16,22H,3,5,11,13H2,1-2H3,(H2,19,20,23)/t16-/m0/s1. The number of hydrogen-bond donors (Lipinski definition) is 3. The van der Waals surface area contributed by atoms with Gasteiger partial charge in [-0.05, 0) is 42.0 Å². The van der Waals surface area contributed by atoms with Crippen LogP contribution in [0.25, 0.3) is 0 Å². The van der Waals surface area contributed by atoms with Crippen molar-refractivity contribution >= 4 is 23.1 Å². The molecule has 0 unspecified atom stereocenters. The Labute approximate surface area is 147 Å². The molecule has 0 bridgehead atoms. The van der Waals surface area contributed by atoms with Gasteiger partial charge in [-0.25, -0.2) is 4.79 Å². The number of anilines is 1. The van der Waals surface area contributed by atoms with Gasteiger partial charge in [0, 0.05) is 31.2 Å². The number of benzene rings is 1. The third-order valence-corrected chi connectivity index (χ3v) is 4.68. The van der Waals surface area contributed by atoms with E-state index in [9.17, 15) is 9.90 Å². The van der Waals surface area contributed by atoms with Crippen molar-refractivity contribution in [2.75, 3.05) is 32.1 Å². The topological polar surface area (TPSA) is 64.6 Å². The number of nitrogens with one attached hydrogen (secondary N) is 2. The molecule has 0 fully saturated rings. The average molecular weight is 347 g/mol. The molecule has 1 aromatic heterocycles. The molecular weight excluding hydrogens is 322 g/mol. The second-order valence-electron chi connectivity index (χ2n) is 5.83. The van der Waals surface area contributed by atoms with Crippen LogP contribution in [0, 0.1) is 0 Å². The monoisotopic (exact) mass is 347 g/mol. The summed E-state index contributed by atoms with van der Waals surface area (Å²) in [6, 6.07) is 11.9. The van der Waals surface area contributed by atoms with E-state index in [2.05, 4.69) is 39.8 Å². The molecule has 3 N–H and O–H groups in total. The molecule has 0 saturated heterocycles. The van der Waals surface area contributed by atoms with Crippen LogP contribution in [0.15, 0.2) is 41.8 Å². The Morgan fingerprint density at radius 3 is 2.58 bits per heavy atom. The van der Waals surface area contributed by atoms with Crippen molar-refractivity contribution in [3.05, 3.63) is 52.2 Å². The summed E-state index contributed by atoms with van der Waals surface area (Å²) in [6.45, 7) is 0.828. The smallest absolute Gasteiger partial charge is 0.314 e. The molecule has 0 aliphatic rings. The van der Waals surface area contributed by atoms with E-state index in [0.717, 1.165) is 17.7 Å². The zero-order valence-electron chi connectivity index (χ0n) is 14.2. The number of aliphatic hydroxyl groups excluding tert-OH is 1. The summed E-state index contributed by atoms with van der Waals surface area (Å²) in [5, 5.41) is 17.3. The molecule has 130 valence electrons. The number of nitrogens with zero attached hydrogens (tertiary/aromatic N) is 1. The summed E-state index contributed by atoms with van der Waals surface area (Å²) in [6.07, 6.45) is 1.15. The second kappa shape index (κ2) is 9.30. The number of thiophene rings is 1. The minimum absolute atomic E-state index is 0.221. The first-order valence-electron chi connectivity index (χ1n) is 8.05. The fourth-order valence-electron chi connectivity index (χ4n) is 2.29. The fraction of sp³-hybridized carbons (Fsp3) is 0.389. The molecule has 6 heteroatoms. The maximum atomic E-state index is 11.7. The summed E-state index contributed by atoms with van der Waals surface area (Å²) >= 11 is 1.48. The highest BCUT2D eigenvalue weighted by molar-refractivity contribution is 7.10. The molecule has 5 nitrogen and oxygen atoms in total. The van der Waals surface area contributed by atoms with Crippen LogP contribution >= 0.6 is 11.3 Å². The number of carbonyl (C=O) groups is 1. The summed E-state index contributed by atoms with van der Waals surface area (Å²) in [7, 11) is 4.04. The van der Waals surface area contributed by atoms with Crippen molar-refractivity contribution < 1.29 is 9.90 Å². The first kappa shape index (κ1) is 18.3. The van der Waals surface area contributed by atoms with Gasteiger partial charge >= 0.3 is 6.03 Å². The molecule has 1 aromatic carbocycles. The first-order valence-corrected chi connectivity index (χ1v) is 8.93. The van der Waals surface area contributed by atoms with Crippen molar-refractivity contribution in [2.45, 2.75) is 18.9 Å². The van der Waals surface area contributed by atoms with Crippen LogP contribution in [0.5, 0.6) is 0 Å². The number of aryl methyl sites for hydroxylation is 1. The molecule has 24 heavy (non-hydrogen) atoms. The number of urea groups is 1. The van der Waals surface area contributed by atoms with E-state index in [1.807, 2.05) is 31.6 Å². The minimum atomic E-state index is -0.647. The van der Waals surface area contributed by atoms with Gasteiger partial charge in [0.2, 0.25) is 0 Å². The Morgan fingerprint density at radius 2 is 1.96 bits per heavy atom. The van der Waals surface area contributed by atoms with Crippen molar-refractivity contribution in [2.24, 2.45) is 0 Å². The molecule has 1 atom stereocenters. The zero-order valence-corrected chi connectivity index (χ0v) is 15.0. The Morgan fingerprint density at radius 1 is 1.21 bits per heavy atom. The van der Waals surface area contributed by atoms with E-state index in [4.69, 9.17) is 0 Å². The van der Waals surface area contributed by atoms with Crippen LogP contribution in [0.1, 0.15) is 23.0 Å². The summed E-state index contributed by atoms with van der Waals surface area (Å²) in [4.78, 5) is 14.6. The molecule has 0 saturated carbocycles. The molecule has 2 amide bonds. The third kappa shape index (κ3) is 5.86. The van der Waals surface area contributed by atoms with Crippen molar-refractivity contribution in [3.63, 3.8) is 0 Å². The molecule has 2 aromatic rings. The van der Waals surface area contributed by atoms with Crippen LogP contribution in [-0.4, -0.2) is 38.3 Å². The molecular formula is C18H25N3O2S. The van der Waals surface area contributed by atoms with E-state index in [1.165, 1.54) is 22.6 Å². The lowest BCUT2D eigenvalue weighted by Crippen LogP contribution is -2.38. The lowest BCUT2D eigenvalue weighted by molar-refractivity contribution is 0.176. The Balaban J connectivity index is 1.60. The van der Waals surface area contributed by atoms with Crippen LogP contribution in [0.3, 0.4) is 0 Å². The fourth-order valence-corrected chi connectivity index (χ4v) is 3.00. The van der Waals surface area contributed by atoms with Gasteiger partial charge in [0.25, 0.3) is 0 Å². The van der Waals surface area contributed by atoms with E-state index in [-0.39, 0.29) is 12.6 Å². The van der Waals surface area contributed by atoms with Crippen LogP contribution in [-0.2, 0) is 6.42 Å². The van der Waals surface area contributed by atoms with Crippen LogP contribution < -0.4 is 15.5 Å². The highest BCUT2D eigenvalue weighted by Crippen LogP contribution is 2.17. The van der Waals surface area contributed by atoms with Gasteiger partial charge in [0.1, 0.15) is 6.10 Å². The number of amides is 2. The number of hydrogen-bond acceptors (Lipinski definition) is 4. The normalized spacial score (nSPS) is 11.8. The van der Waals surface area contributed by atoms with Gasteiger partial charge < -0.3 is 20.6 Å². The zero-order chi connectivity index (χ0) is 17.4. The van der Waals surface area contributed by atoms with Gasteiger partial charge in [-0.3, -0.25) is 0 Å². The van der Waals surface area contributed by atoms with Crippen LogP contribution in [0.4, 0.5) is 10.5 Å². The van der Waals surface area contributed by atoms with E-state index >= 15 is 0 Å². The van der Waals surface area contributed by atoms with Gasteiger partial charge in [-0.2, -0.15) is 0 Å². The van der Waals surface area contributed by atoms with Crippen molar-refractivity contribution in [3.8, 4) is 0 Å². The molecule has 0 radical (unpaired) electrons. The highest BCUT2D eigenvalue weighted by atomic mass is 32.1. The van der Waals surface area contributed by atoms with Crippen LogP contribution in [0.2, 0.25) is 0 Å². The Kier molecular flexibility index (Phi) is 7.08. The SMILES string of the molecule is CN(C)c1ccc(CCCNC(=O)NC[C@H](O)c2cccs2)cc1. The maximum absolute atomic E-state index is 11.7. The summed E-state index contributed by atoms with van der Waals surface area (Å²) in [5.41, 5.74) is 2.44. The predicted molar refractivity (Wildman–Crippen MR) is 99.8 cm³/mol. The Hall–Kier alpha value is -2.05. The lowest BCUT2D eigenvalue weighted by Gasteiger charge is -2.13. The van der Waals surface area contributed by atoms with Crippen molar-refractivity contribution in [1.82, 2.24) is 10.6 Å². The lowest BCUT2D eigenvalue weighted by atomic mass is 10.1. The first-order chi connectivity index (χ1) is 11.6. The highest BCUT2D eigenvalue weighted by Gasteiger charge is 2.09. The summed E-state index contributed by atoms with van der Waals surface area (Å²) < 4.78 is 0. The number of carbonyl (C=O) groups excluding carboxylic acids is 1. The number of aliphatic hydroxyl groups is 1. The van der Waals surface area contributed by atoms with E-state index in [1.54, 1.807) is 0 Å². The maximum Gasteiger partial charge on any atom is 0.314 e. The van der Waals surface area contributed by atoms with E-state index in [0.29, 0.717) is 6.54 Å². The van der Waals surface area contributed by atoms with Gasteiger partial charge in [-0.1, -0.05) is 18.2 Å². The third-order valence-electron chi connectivity index (χ3n) is 3.71. The molecule has 0 spiro atoms. The number of rotatable bonds is 8. The largest absolute Gasteiger partial charge is 0.386 e. The van der Waals surface area contributed by atoms with Gasteiger partial charge in [0.05, 0.1) is 6.54 Å². The Bertz CT molecular complexity index is 612.